The molecule has 1 aromatic carbocycles. The van der Waals surface area contributed by atoms with Crippen LogP contribution in [0.4, 0.5) is 5.82 Å². The molecule has 3 aromatic rings. The number of rotatable bonds is 6. The quantitative estimate of drug-likeness (QED) is 0.728. The fourth-order valence-corrected chi connectivity index (χ4v) is 3.85. The minimum atomic E-state index is 0.694. The Morgan fingerprint density at radius 1 is 1.11 bits per heavy atom. The Morgan fingerprint density at radius 3 is 2.67 bits per heavy atom. The molecule has 0 amide bonds. The third kappa shape index (κ3) is 4.27. The average molecular weight is 364 g/mol. The van der Waals surface area contributed by atoms with Gasteiger partial charge in [-0.1, -0.05) is 30.3 Å². The lowest BCUT2D eigenvalue weighted by atomic mass is 9.96. The van der Waals surface area contributed by atoms with Crippen LogP contribution in [0.3, 0.4) is 0 Å². The molecule has 1 aliphatic rings. The van der Waals surface area contributed by atoms with Gasteiger partial charge in [0.25, 0.3) is 0 Å². The first-order valence-electron chi connectivity index (χ1n) is 9.85. The van der Waals surface area contributed by atoms with Crippen LogP contribution < -0.4 is 5.32 Å². The Labute approximate surface area is 160 Å². The van der Waals surface area contributed by atoms with Gasteiger partial charge in [-0.2, -0.15) is 5.10 Å². The highest BCUT2D eigenvalue weighted by Gasteiger charge is 2.19. The summed E-state index contributed by atoms with van der Waals surface area (Å²) >= 11 is 0. The first-order chi connectivity index (χ1) is 13.2. The summed E-state index contributed by atoms with van der Waals surface area (Å²) in [6, 6.07) is 10.8. The molecule has 1 saturated heterocycles. The highest BCUT2D eigenvalue weighted by atomic mass is 15.3. The van der Waals surface area contributed by atoms with Crippen LogP contribution in [0.15, 0.2) is 36.5 Å². The first-order valence-corrected chi connectivity index (χ1v) is 9.85. The molecule has 2 aromatic heterocycles. The van der Waals surface area contributed by atoms with E-state index >= 15 is 0 Å². The van der Waals surface area contributed by atoms with Crippen LogP contribution in [0, 0.1) is 12.8 Å². The molecule has 6 nitrogen and oxygen atoms in total. The molecular formula is C21H28N6. The summed E-state index contributed by atoms with van der Waals surface area (Å²) in [5.74, 6) is 2.39. The van der Waals surface area contributed by atoms with Crippen LogP contribution in [-0.2, 0) is 13.5 Å². The molecule has 4 rings (SSSR count). The van der Waals surface area contributed by atoms with Crippen LogP contribution in [0.2, 0.25) is 0 Å². The Bertz CT molecular complexity index is 880. The van der Waals surface area contributed by atoms with E-state index in [1.807, 2.05) is 20.2 Å². The number of likely N-dealkylation sites (tertiary alicyclic amines) is 1. The summed E-state index contributed by atoms with van der Waals surface area (Å²) in [5, 5.41) is 8.88. The number of fused-ring (bicyclic) bond motifs is 1. The predicted molar refractivity (Wildman–Crippen MR) is 109 cm³/mol. The monoisotopic (exact) mass is 364 g/mol. The smallest absolute Gasteiger partial charge is 0.163 e. The number of hydrogen-bond donors (Lipinski definition) is 1. The van der Waals surface area contributed by atoms with Crippen LogP contribution in [-0.4, -0.2) is 50.8 Å². The molecule has 0 atom stereocenters. The molecule has 0 aliphatic carbocycles. The zero-order valence-electron chi connectivity index (χ0n) is 16.2. The maximum absolute atomic E-state index is 4.59. The van der Waals surface area contributed by atoms with E-state index in [1.54, 1.807) is 4.68 Å². The molecule has 0 unspecified atom stereocenters. The molecule has 3 heterocycles. The van der Waals surface area contributed by atoms with Crippen molar-refractivity contribution < 1.29 is 0 Å². The van der Waals surface area contributed by atoms with Gasteiger partial charge in [-0.15, -0.1) is 0 Å². The largest absolute Gasteiger partial charge is 0.369 e. The molecule has 0 bridgehead atoms. The second kappa shape index (κ2) is 8.05. The van der Waals surface area contributed by atoms with E-state index in [2.05, 4.69) is 55.6 Å². The first kappa shape index (κ1) is 17.9. The number of nitrogens with one attached hydrogen (secondary N) is 1. The number of benzene rings is 1. The molecule has 0 saturated carbocycles. The van der Waals surface area contributed by atoms with Gasteiger partial charge >= 0.3 is 0 Å². The van der Waals surface area contributed by atoms with Crippen LogP contribution >= 0.6 is 0 Å². The summed E-state index contributed by atoms with van der Waals surface area (Å²) in [5.41, 5.74) is 2.32. The van der Waals surface area contributed by atoms with Gasteiger partial charge in [-0.25, -0.2) is 9.97 Å². The van der Waals surface area contributed by atoms with Gasteiger partial charge in [0.05, 0.1) is 11.6 Å². The summed E-state index contributed by atoms with van der Waals surface area (Å²) in [7, 11) is 1.92. The second-order valence-electron chi connectivity index (χ2n) is 7.53. The normalized spacial score (nSPS) is 16.1. The van der Waals surface area contributed by atoms with Gasteiger partial charge in [0.2, 0.25) is 0 Å². The van der Waals surface area contributed by atoms with Gasteiger partial charge in [0.15, 0.2) is 5.65 Å². The summed E-state index contributed by atoms with van der Waals surface area (Å²) in [4.78, 5) is 11.7. The summed E-state index contributed by atoms with van der Waals surface area (Å²) < 4.78 is 1.81. The van der Waals surface area contributed by atoms with Crippen molar-refractivity contribution in [2.24, 2.45) is 13.0 Å². The van der Waals surface area contributed by atoms with Crippen molar-refractivity contribution >= 4 is 16.9 Å². The van der Waals surface area contributed by atoms with Crippen LogP contribution in [0.5, 0.6) is 0 Å². The second-order valence-corrected chi connectivity index (χ2v) is 7.53. The van der Waals surface area contributed by atoms with Gasteiger partial charge < -0.3 is 10.2 Å². The third-order valence-corrected chi connectivity index (χ3v) is 5.53. The number of hydrogen-bond acceptors (Lipinski definition) is 5. The van der Waals surface area contributed by atoms with Gasteiger partial charge in [0, 0.05) is 20.1 Å². The molecule has 1 N–H and O–H groups in total. The number of nitrogens with zero attached hydrogens (tertiary/aromatic N) is 5. The number of piperidine rings is 1. The Morgan fingerprint density at radius 2 is 1.89 bits per heavy atom. The Kier molecular flexibility index (Phi) is 5.34. The maximum Gasteiger partial charge on any atom is 0.163 e. The van der Waals surface area contributed by atoms with Crippen molar-refractivity contribution in [3.8, 4) is 0 Å². The van der Waals surface area contributed by atoms with Gasteiger partial charge in [-0.3, -0.25) is 4.68 Å². The molecule has 6 heteroatoms. The van der Waals surface area contributed by atoms with E-state index in [0.29, 0.717) is 5.92 Å². The lowest BCUT2D eigenvalue weighted by Crippen LogP contribution is -2.37. The van der Waals surface area contributed by atoms with Crippen molar-refractivity contribution in [3.63, 3.8) is 0 Å². The van der Waals surface area contributed by atoms with Gasteiger partial charge in [0.1, 0.15) is 11.6 Å². The average Bonchev–Trinajstić information content (AvgIpc) is 3.07. The van der Waals surface area contributed by atoms with E-state index in [9.17, 15) is 0 Å². The lowest BCUT2D eigenvalue weighted by molar-refractivity contribution is 0.191. The van der Waals surface area contributed by atoms with Crippen molar-refractivity contribution in [3.05, 3.63) is 47.9 Å². The SMILES string of the molecule is Cc1nc(NCC2CCN(CCc3ccccc3)CC2)c2cnn(C)c2n1. The van der Waals surface area contributed by atoms with Crippen molar-refractivity contribution in [1.82, 2.24) is 24.6 Å². The fourth-order valence-electron chi connectivity index (χ4n) is 3.85. The Hall–Kier alpha value is -2.47. The number of anilines is 1. The zero-order chi connectivity index (χ0) is 18.6. The van der Waals surface area contributed by atoms with E-state index in [0.717, 1.165) is 42.2 Å². The van der Waals surface area contributed by atoms with E-state index in [1.165, 1.54) is 31.5 Å². The van der Waals surface area contributed by atoms with Crippen molar-refractivity contribution in [2.45, 2.75) is 26.2 Å². The standard InChI is InChI=1S/C21H28N6/c1-16-24-20(19-15-23-26(2)21(19)25-16)22-14-18-9-12-27(13-10-18)11-8-17-6-4-3-5-7-17/h3-7,15,18H,8-14H2,1-2H3,(H,22,24,25). The molecular weight excluding hydrogens is 336 g/mol. The molecule has 1 aliphatic heterocycles. The molecule has 27 heavy (non-hydrogen) atoms. The van der Waals surface area contributed by atoms with E-state index < -0.39 is 0 Å². The summed E-state index contributed by atoms with van der Waals surface area (Å²) in [6.45, 7) is 6.43. The fraction of sp³-hybridized carbons (Fsp3) is 0.476. The zero-order valence-corrected chi connectivity index (χ0v) is 16.2. The van der Waals surface area contributed by atoms with Crippen molar-refractivity contribution in [1.29, 1.82) is 0 Å². The highest BCUT2D eigenvalue weighted by Crippen LogP contribution is 2.22. The highest BCUT2D eigenvalue weighted by molar-refractivity contribution is 5.86. The lowest BCUT2D eigenvalue weighted by Gasteiger charge is -2.32. The van der Waals surface area contributed by atoms with Gasteiger partial charge in [-0.05, 0) is 50.8 Å². The molecule has 142 valence electrons. The molecule has 1 fully saturated rings. The number of aryl methyl sites for hydroxylation is 2. The maximum atomic E-state index is 4.59. The van der Waals surface area contributed by atoms with E-state index in [4.69, 9.17) is 0 Å². The minimum Gasteiger partial charge on any atom is -0.369 e. The van der Waals surface area contributed by atoms with E-state index in [-0.39, 0.29) is 0 Å². The number of aromatic nitrogens is 4. The summed E-state index contributed by atoms with van der Waals surface area (Å²) in [6.07, 6.45) is 5.47. The third-order valence-electron chi connectivity index (χ3n) is 5.53. The topological polar surface area (TPSA) is 58.9 Å². The predicted octanol–water partition coefficient (Wildman–Crippen LogP) is 3.04. The minimum absolute atomic E-state index is 0.694. The van der Waals surface area contributed by atoms with Crippen LogP contribution in [0.1, 0.15) is 24.2 Å². The van der Waals surface area contributed by atoms with Crippen LogP contribution in [0.25, 0.3) is 11.0 Å². The Balaban J connectivity index is 1.27. The molecule has 0 radical (unpaired) electrons. The van der Waals surface area contributed by atoms with Crippen molar-refractivity contribution in [2.75, 3.05) is 31.5 Å². The molecule has 0 spiro atoms.